The van der Waals surface area contributed by atoms with Gasteiger partial charge in [-0.3, -0.25) is 4.79 Å². The Kier molecular flexibility index (Phi) is 7.08. The Morgan fingerprint density at radius 1 is 1.39 bits per heavy atom. The van der Waals surface area contributed by atoms with E-state index in [4.69, 9.17) is 4.74 Å². The van der Waals surface area contributed by atoms with E-state index in [0.29, 0.717) is 5.56 Å². The quantitative estimate of drug-likeness (QED) is 0.459. The lowest BCUT2D eigenvalue weighted by molar-refractivity contribution is 0.0952. The number of hydrogen-bond donors (Lipinski definition) is 1. The maximum absolute atomic E-state index is 11.9. The van der Waals surface area contributed by atoms with Gasteiger partial charge in [0.25, 0.3) is 5.91 Å². The van der Waals surface area contributed by atoms with Crippen molar-refractivity contribution in [2.45, 2.75) is 32.8 Å². The highest BCUT2D eigenvalue weighted by Crippen LogP contribution is 2.14. The fraction of sp³-hybridized carbons (Fsp3) is 0.500. The van der Waals surface area contributed by atoms with E-state index in [-0.39, 0.29) is 12.0 Å². The zero-order chi connectivity index (χ0) is 13.4. The van der Waals surface area contributed by atoms with Gasteiger partial charge in [0.15, 0.2) is 0 Å². The van der Waals surface area contributed by atoms with E-state index in [1.165, 1.54) is 0 Å². The van der Waals surface area contributed by atoms with Gasteiger partial charge in [0.1, 0.15) is 5.75 Å². The smallest absolute Gasteiger partial charge is 0.251 e. The predicted molar refractivity (Wildman–Crippen MR) is 82.7 cm³/mol. The summed E-state index contributed by atoms with van der Waals surface area (Å²) in [4.78, 5) is 11.9. The molecular weight excluding hydrogens is 341 g/mol. The predicted octanol–water partition coefficient (Wildman–Crippen LogP) is 3.42. The van der Waals surface area contributed by atoms with E-state index in [1.807, 2.05) is 26.0 Å². The Hall–Kier alpha value is -0.780. The van der Waals surface area contributed by atoms with E-state index < -0.39 is 0 Å². The summed E-state index contributed by atoms with van der Waals surface area (Å²) >= 11 is 2.34. The number of rotatable bonds is 7. The number of amides is 1. The molecule has 0 heterocycles. The molecule has 3 nitrogen and oxygen atoms in total. The van der Waals surface area contributed by atoms with E-state index in [0.717, 1.165) is 29.6 Å². The van der Waals surface area contributed by atoms with Crippen LogP contribution in [-0.4, -0.2) is 23.0 Å². The lowest BCUT2D eigenvalue weighted by Gasteiger charge is -2.11. The Morgan fingerprint density at radius 2 is 2.17 bits per heavy atom. The zero-order valence-electron chi connectivity index (χ0n) is 10.9. The number of nitrogens with one attached hydrogen (secondary N) is 1. The molecule has 100 valence electrons. The molecule has 0 fully saturated rings. The first kappa shape index (κ1) is 15.3. The van der Waals surface area contributed by atoms with Crippen molar-refractivity contribution in [1.82, 2.24) is 5.32 Å². The average Bonchev–Trinajstić information content (AvgIpc) is 2.34. The molecule has 0 atom stereocenters. The molecule has 1 amide bonds. The van der Waals surface area contributed by atoms with Crippen molar-refractivity contribution < 1.29 is 9.53 Å². The highest BCUT2D eigenvalue weighted by molar-refractivity contribution is 14.1. The minimum absolute atomic E-state index is 0.0299. The molecule has 1 rings (SSSR count). The van der Waals surface area contributed by atoms with Crippen LogP contribution in [0.15, 0.2) is 24.3 Å². The van der Waals surface area contributed by atoms with Crippen molar-refractivity contribution in [3.8, 4) is 5.75 Å². The van der Waals surface area contributed by atoms with Crippen LogP contribution in [0.5, 0.6) is 5.75 Å². The lowest BCUT2D eigenvalue weighted by Crippen LogP contribution is -2.24. The van der Waals surface area contributed by atoms with Crippen LogP contribution in [0.2, 0.25) is 0 Å². The van der Waals surface area contributed by atoms with Gasteiger partial charge in [0.2, 0.25) is 0 Å². The van der Waals surface area contributed by atoms with Crippen LogP contribution >= 0.6 is 22.6 Å². The first-order valence-corrected chi connectivity index (χ1v) is 7.77. The number of hydrogen-bond acceptors (Lipinski definition) is 2. The highest BCUT2D eigenvalue weighted by atomic mass is 127. The van der Waals surface area contributed by atoms with Gasteiger partial charge in [-0.1, -0.05) is 28.7 Å². The summed E-state index contributed by atoms with van der Waals surface area (Å²) in [6, 6.07) is 7.30. The average molecular weight is 361 g/mol. The Morgan fingerprint density at radius 3 is 2.83 bits per heavy atom. The van der Waals surface area contributed by atoms with E-state index in [9.17, 15) is 4.79 Å². The number of carbonyl (C=O) groups is 1. The summed E-state index contributed by atoms with van der Waals surface area (Å²) in [5, 5.41) is 2.92. The minimum Gasteiger partial charge on any atom is -0.491 e. The second-order valence-corrected chi connectivity index (χ2v) is 5.43. The zero-order valence-corrected chi connectivity index (χ0v) is 13.1. The minimum atomic E-state index is -0.0299. The fourth-order valence-corrected chi connectivity index (χ4v) is 2.05. The van der Waals surface area contributed by atoms with Gasteiger partial charge in [-0.25, -0.2) is 0 Å². The number of carbonyl (C=O) groups excluding carboxylic acids is 1. The number of unbranched alkanes of at least 4 members (excludes halogenated alkanes) is 1. The van der Waals surface area contributed by atoms with E-state index in [1.54, 1.807) is 12.1 Å². The van der Waals surface area contributed by atoms with Gasteiger partial charge >= 0.3 is 0 Å². The van der Waals surface area contributed by atoms with Crippen LogP contribution in [0.25, 0.3) is 0 Å². The Balaban J connectivity index is 2.51. The molecule has 0 aliphatic carbocycles. The Labute approximate surface area is 122 Å². The number of ether oxygens (including phenoxy) is 1. The van der Waals surface area contributed by atoms with Crippen molar-refractivity contribution in [1.29, 1.82) is 0 Å². The molecule has 18 heavy (non-hydrogen) atoms. The molecule has 0 aliphatic rings. The normalized spacial score (nSPS) is 10.4. The third-order valence-corrected chi connectivity index (χ3v) is 3.08. The second kappa shape index (κ2) is 8.34. The lowest BCUT2D eigenvalue weighted by atomic mass is 10.2. The van der Waals surface area contributed by atoms with Crippen molar-refractivity contribution in [3.05, 3.63) is 29.8 Å². The molecule has 1 N–H and O–H groups in total. The molecular formula is C14H20INO2. The third-order valence-electron chi connectivity index (χ3n) is 2.31. The van der Waals surface area contributed by atoms with Gasteiger partial charge in [0.05, 0.1) is 6.10 Å². The van der Waals surface area contributed by atoms with Gasteiger partial charge in [0, 0.05) is 12.1 Å². The van der Waals surface area contributed by atoms with Crippen LogP contribution in [0.1, 0.15) is 37.0 Å². The summed E-state index contributed by atoms with van der Waals surface area (Å²) in [5.74, 6) is 0.711. The molecule has 0 spiro atoms. The van der Waals surface area contributed by atoms with Gasteiger partial charge < -0.3 is 10.1 Å². The van der Waals surface area contributed by atoms with Crippen LogP contribution in [-0.2, 0) is 0 Å². The van der Waals surface area contributed by atoms with Gasteiger partial charge in [-0.15, -0.1) is 0 Å². The molecule has 1 aromatic rings. The molecule has 0 radical (unpaired) electrons. The van der Waals surface area contributed by atoms with E-state index in [2.05, 4.69) is 27.9 Å². The number of benzene rings is 1. The summed E-state index contributed by atoms with van der Waals surface area (Å²) in [6.07, 6.45) is 2.28. The van der Waals surface area contributed by atoms with Gasteiger partial charge in [-0.2, -0.15) is 0 Å². The monoisotopic (exact) mass is 361 g/mol. The van der Waals surface area contributed by atoms with Gasteiger partial charge in [-0.05, 0) is 49.3 Å². The molecule has 0 bridgehead atoms. The van der Waals surface area contributed by atoms with Crippen molar-refractivity contribution >= 4 is 28.5 Å². The van der Waals surface area contributed by atoms with Crippen LogP contribution < -0.4 is 10.1 Å². The van der Waals surface area contributed by atoms with Crippen LogP contribution in [0.4, 0.5) is 0 Å². The summed E-state index contributed by atoms with van der Waals surface area (Å²) in [5.41, 5.74) is 0.655. The number of alkyl halides is 1. The molecule has 0 aliphatic heterocycles. The van der Waals surface area contributed by atoms with Crippen LogP contribution in [0, 0.1) is 0 Å². The fourth-order valence-electron chi connectivity index (χ4n) is 1.51. The first-order chi connectivity index (χ1) is 8.63. The molecule has 0 aromatic heterocycles. The SMILES string of the molecule is CC(C)Oc1cccc(C(=O)NCCCCI)c1. The molecule has 0 unspecified atom stereocenters. The van der Waals surface area contributed by atoms with Crippen molar-refractivity contribution in [2.24, 2.45) is 0 Å². The van der Waals surface area contributed by atoms with Crippen molar-refractivity contribution in [3.63, 3.8) is 0 Å². The third kappa shape index (κ3) is 5.71. The topological polar surface area (TPSA) is 38.3 Å². The summed E-state index contributed by atoms with van der Waals surface area (Å²) in [6.45, 7) is 4.67. The molecule has 0 saturated heterocycles. The summed E-state index contributed by atoms with van der Waals surface area (Å²) < 4.78 is 6.70. The highest BCUT2D eigenvalue weighted by Gasteiger charge is 2.06. The molecule has 0 saturated carbocycles. The maximum atomic E-state index is 11.9. The molecule has 1 aromatic carbocycles. The Bertz CT molecular complexity index is 380. The van der Waals surface area contributed by atoms with E-state index >= 15 is 0 Å². The summed E-state index contributed by atoms with van der Waals surface area (Å²) in [7, 11) is 0. The standard InChI is InChI=1S/C14H20INO2/c1-11(2)18-13-7-5-6-12(10-13)14(17)16-9-4-3-8-15/h5-7,10-11H,3-4,8-9H2,1-2H3,(H,16,17). The second-order valence-electron chi connectivity index (χ2n) is 4.35. The number of halogens is 1. The van der Waals surface area contributed by atoms with Crippen LogP contribution in [0.3, 0.4) is 0 Å². The molecule has 4 heteroatoms. The van der Waals surface area contributed by atoms with Crippen molar-refractivity contribution in [2.75, 3.05) is 11.0 Å². The largest absolute Gasteiger partial charge is 0.491 e. The first-order valence-electron chi connectivity index (χ1n) is 6.24. The maximum Gasteiger partial charge on any atom is 0.251 e.